The summed E-state index contributed by atoms with van der Waals surface area (Å²) in [6.07, 6.45) is 0. The first-order chi connectivity index (χ1) is 12.3. The molecule has 0 bridgehead atoms. The van der Waals surface area contributed by atoms with Crippen LogP contribution in [0.25, 0.3) is 0 Å². The number of halogens is 1. The topological polar surface area (TPSA) is 35.1 Å². The molecule has 3 aromatic rings. The maximum absolute atomic E-state index is 13.0. The predicted molar refractivity (Wildman–Crippen MR) is 97.4 cm³/mol. The van der Waals surface area contributed by atoms with Crippen LogP contribution >= 0.6 is 11.3 Å². The fourth-order valence-electron chi connectivity index (χ4n) is 2.58. The number of hydrogen-bond acceptors (Lipinski definition) is 3. The second-order valence-corrected chi connectivity index (χ2v) is 6.67. The van der Waals surface area contributed by atoms with E-state index in [4.69, 9.17) is 9.47 Å². The molecule has 0 atom stereocenters. The van der Waals surface area contributed by atoms with E-state index in [-0.39, 0.29) is 5.82 Å². The summed E-state index contributed by atoms with van der Waals surface area (Å²) in [6.45, 7) is 2.11. The van der Waals surface area contributed by atoms with Crippen molar-refractivity contribution in [2.75, 3.05) is 7.11 Å². The van der Waals surface area contributed by atoms with Gasteiger partial charge >= 0.3 is 0 Å². The molecule has 0 spiro atoms. The third-order valence-electron chi connectivity index (χ3n) is 3.87. The molecule has 0 aliphatic carbocycles. The fourth-order valence-corrected chi connectivity index (χ4v) is 3.28. The van der Waals surface area contributed by atoms with Crippen LogP contribution in [0, 0.1) is 5.82 Å². The van der Waals surface area contributed by atoms with Crippen molar-refractivity contribution in [1.29, 1.82) is 0 Å². The number of thiophene rings is 1. The second kappa shape index (κ2) is 8.65. The lowest BCUT2D eigenvalue weighted by molar-refractivity contribution is -0.685. The maximum atomic E-state index is 13.0. The normalized spacial score (nSPS) is 10.6. The minimum Gasteiger partial charge on any atom is -0.493 e. The lowest BCUT2D eigenvalue weighted by Crippen LogP contribution is -2.80. The summed E-state index contributed by atoms with van der Waals surface area (Å²) < 4.78 is 24.5. The summed E-state index contributed by atoms with van der Waals surface area (Å²) in [5.41, 5.74) is 2.00. The first kappa shape index (κ1) is 17.5. The molecule has 0 saturated heterocycles. The summed E-state index contributed by atoms with van der Waals surface area (Å²) in [7, 11) is 1.64. The van der Waals surface area contributed by atoms with Gasteiger partial charge in [-0.1, -0.05) is 24.3 Å². The van der Waals surface area contributed by atoms with Gasteiger partial charge in [0.25, 0.3) is 0 Å². The lowest BCUT2D eigenvalue weighted by Gasteiger charge is -2.14. The van der Waals surface area contributed by atoms with Crippen LogP contribution in [0.1, 0.15) is 16.0 Å². The van der Waals surface area contributed by atoms with Crippen LogP contribution in [-0.2, 0) is 19.7 Å². The van der Waals surface area contributed by atoms with E-state index in [2.05, 4.69) is 22.8 Å². The molecule has 5 heteroatoms. The standard InChI is InChI=1S/C20H20FNO2S/c1-23-19-6-2-4-16(12-22-13-18-5-3-11-25-18)20(19)24-14-15-7-9-17(21)10-8-15/h2-11,22H,12-14H2,1H3/p+1. The third-order valence-corrected chi connectivity index (χ3v) is 4.77. The molecule has 0 radical (unpaired) electrons. The summed E-state index contributed by atoms with van der Waals surface area (Å²) in [4.78, 5) is 1.34. The first-order valence-electron chi connectivity index (χ1n) is 8.13. The monoisotopic (exact) mass is 358 g/mol. The fraction of sp³-hybridized carbons (Fsp3) is 0.200. The molecule has 0 aliphatic heterocycles. The summed E-state index contributed by atoms with van der Waals surface area (Å²) in [5, 5.41) is 4.33. The molecule has 2 N–H and O–H groups in total. The Bertz CT molecular complexity index is 788. The van der Waals surface area contributed by atoms with Gasteiger partial charge in [-0.3, -0.25) is 0 Å². The average Bonchev–Trinajstić information content (AvgIpc) is 3.15. The number of methoxy groups -OCH3 is 1. The van der Waals surface area contributed by atoms with Gasteiger partial charge in [0.05, 0.1) is 17.6 Å². The molecule has 1 aromatic heterocycles. The Morgan fingerprint density at radius 3 is 2.56 bits per heavy atom. The maximum Gasteiger partial charge on any atom is 0.170 e. The SMILES string of the molecule is COc1cccc(C[NH2+]Cc2cccs2)c1OCc1ccc(F)cc1. The molecule has 0 aliphatic rings. The molecule has 3 nitrogen and oxygen atoms in total. The Kier molecular flexibility index (Phi) is 6.04. The third kappa shape index (κ3) is 4.81. The van der Waals surface area contributed by atoms with Crippen molar-refractivity contribution in [2.24, 2.45) is 0 Å². The second-order valence-electron chi connectivity index (χ2n) is 5.64. The van der Waals surface area contributed by atoms with Crippen LogP contribution in [0.4, 0.5) is 4.39 Å². The lowest BCUT2D eigenvalue weighted by atomic mass is 10.1. The summed E-state index contributed by atoms with van der Waals surface area (Å²) in [5.74, 6) is 1.21. The van der Waals surface area contributed by atoms with Crippen molar-refractivity contribution in [3.05, 3.63) is 81.8 Å². The molecular weight excluding hydrogens is 337 g/mol. The van der Waals surface area contributed by atoms with E-state index in [0.29, 0.717) is 12.4 Å². The van der Waals surface area contributed by atoms with Crippen LogP contribution in [0.15, 0.2) is 60.0 Å². The van der Waals surface area contributed by atoms with Crippen LogP contribution < -0.4 is 14.8 Å². The molecule has 0 fully saturated rings. The molecule has 1 heterocycles. The first-order valence-corrected chi connectivity index (χ1v) is 9.01. The molecule has 0 saturated carbocycles. The molecule has 0 amide bonds. The highest BCUT2D eigenvalue weighted by Gasteiger charge is 2.12. The number of nitrogens with two attached hydrogens (primary N) is 1. The van der Waals surface area contributed by atoms with E-state index in [9.17, 15) is 4.39 Å². The van der Waals surface area contributed by atoms with Crippen molar-refractivity contribution in [2.45, 2.75) is 19.7 Å². The Morgan fingerprint density at radius 1 is 1.00 bits per heavy atom. The van der Waals surface area contributed by atoms with Crippen molar-refractivity contribution >= 4 is 11.3 Å². The highest BCUT2D eigenvalue weighted by molar-refractivity contribution is 7.09. The molecule has 2 aromatic carbocycles. The van der Waals surface area contributed by atoms with Gasteiger partial charge in [0, 0.05) is 0 Å². The van der Waals surface area contributed by atoms with Crippen molar-refractivity contribution < 1.29 is 19.2 Å². The van der Waals surface area contributed by atoms with Crippen LogP contribution in [-0.4, -0.2) is 7.11 Å². The molecule has 25 heavy (non-hydrogen) atoms. The van der Waals surface area contributed by atoms with Crippen molar-refractivity contribution in [3.8, 4) is 11.5 Å². The summed E-state index contributed by atoms with van der Waals surface area (Å²) >= 11 is 1.76. The zero-order chi connectivity index (χ0) is 17.5. The Balaban J connectivity index is 1.68. The van der Waals surface area contributed by atoms with Gasteiger partial charge in [-0.25, -0.2) is 4.39 Å². The molecule has 130 valence electrons. The van der Waals surface area contributed by atoms with Crippen molar-refractivity contribution in [1.82, 2.24) is 0 Å². The van der Waals surface area contributed by atoms with Crippen molar-refractivity contribution in [3.63, 3.8) is 0 Å². The Hall–Kier alpha value is -2.37. The van der Waals surface area contributed by atoms with Gasteiger partial charge in [-0.05, 0) is 41.3 Å². The number of rotatable bonds is 8. The average molecular weight is 358 g/mol. The van der Waals surface area contributed by atoms with E-state index < -0.39 is 0 Å². The zero-order valence-corrected chi connectivity index (χ0v) is 14.9. The van der Waals surface area contributed by atoms with Gasteiger partial charge < -0.3 is 14.8 Å². The quantitative estimate of drug-likeness (QED) is 0.666. The largest absolute Gasteiger partial charge is 0.493 e. The highest BCUT2D eigenvalue weighted by atomic mass is 32.1. The van der Waals surface area contributed by atoms with E-state index in [1.807, 2.05) is 18.2 Å². The van der Waals surface area contributed by atoms with Gasteiger partial charge in [-0.2, -0.15) is 0 Å². The number of benzene rings is 2. The van der Waals surface area contributed by atoms with Gasteiger partial charge in [-0.15, -0.1) is 11.3 Å². The number of quaternary nitrogens is 1. The summed E-state index contributed by atoms with van der Waals surface area (Å²) in [6, 6.07) is 16.5. The van der Waals surface area contributed by atoms with Crippen LogP contribution in [0.5, 0.6) is 11.5 Å². The molecule has 0 unspecified atom stereocenters. The number of hydrogen-bond donors (Lipinski definition) is 1. The minimum absolute atomic E-state index is 0.245. The highest BCUT2D eigenvalue weighted by Crippen LogP contribution is 2.31. The number of ether oxygens (including phenoxy) is 2. The molecule has 3 rings (SSSR count). The smallest absolute Gasteiger partial charge is 0.170 e. The van der Waals surface area contributed by atoms with E-state index >= 15 is 0 Å². The predicted octanol–water partition coefficient (Wildman–Crippen LogP) is 3.74. The van der Waals surface area contributed by atoms with Gasteiger partial charge in [0.15, 0.2) is 11.5 Å². The van der Waals surface area contributed by atoms with E-state index in [1.54, 1.807) is 30.6 Å². The van der Waals surface area contributed by atoms with E-state index in [0.717, 1.165) is 30.0 Å². The molecular formula is C20H21FNO2S+. The van der Waals surface area contributed by atoms with E-state index in [1.165, 1.54) is 17.0 Å². The van der Waals surface area contributed by atoms with Crippen LogP contribution in [0.3, 0.4) is 0 Å². The van der Waals surface area contributed by atoms with Gasteiger partial charge in [0.2, 0.25) is 0 Å². The Labute approximate surface area is 151 Å². The van der Waals surface area contributed by atoms with Crippen LogP contribution in [0.2, 0.25) is 0 Å². The Morgan fingerprint density at radius 2 is 1.84 bits per heavy atom. The number of para-hydroxylation sites is 1. The van der Waals surface area contributed by atoms with Gasteiger partial charge in [0.1, 0.15) is 25.5 Å². The minimum atomic E-state index is -0.245. The zero-order valence-electron chi connectivity index (χ0n) is 14.1.